The van der Waals surface area contributed by atoms with Crippen molar-refractivity contribution in [2.45, 2.75) is 45.4 Å². The normalized spacial score (nSPS) is 10.6. The van der Waals surface area contributed by atoms with Crippen LogP contribution in [-0.2, 0) is 22.4 Å². The fourth-order valence-corrected chi connectivity index (χ4v) is 4.44. The standard InChI is InChI=1S/C26H29NO4S/c1-3-4-5-7-12-20-18-32-25(24(20)26(29)30-2)27-23(28)17-19-11-10-15-22(16-19)31-21-13-8-6-9-14-21/h6,8-11,13-16,18H,3-5,7,12,17H2,1-2H3,(H,27,28). The van der Waals surface area contributed by atoms with Gasteiger partial charge in [0.1, 0.15) is 16.5 Å². The number of ether oxygens (including phenoxy) is 2. The van der Waals surface area contributed by atoms with Crippen molar-refractivity contribution in [2.75, 3.05) is 12.4 Å². The van der Waals surface area contributed by atoms with Gasteiger partial charge in [0.25, 0.3) is 0 Å². The zero-order chi connectivity index (χ0) is 22.8. The first kappa shape index (κ1) is 23.5. The Labute approximate surface area is 193 Å². The van der Waals surface area contributed by atoms with Gasteiger partial charge in [0.15, 0.2) is 0 Å². The van der Waals surface area contributed by atoms with E-state index < -0.39 is 5.97 Å². The minimum atomic E-state index is -0.412. The summed E-state index contributed by atoms with van der Waals surface area (Å²) in [6, 6.07) is 16.9. The molecule has 0 radical (unpaired) electrons. The van der Waals surface area contributed by atoms with E-state index in [2.05, 4.69) is 12.2 Å². The maximum Gasteiger partial charge on any atom is 0.341 e. The van der Waals surface area contributed by atoms with Crippen LogP contribution in [0.15, 0.2) is 60.0 Å². The summed E-state index contributed by atoms with van der Waals surface area (Å²) in [5, 5.41) is 5.40. The summed E-state index contributed by atoms with van der Waals surface area (Å²) in [5.74, 6) is 0.806. The topological polar surface area (TPSA) is 64.6 Å². The number of hydrogen-bond acceptors (Lipinski definition) is 5. The molecule has 0 aliphatic rings. The Hall–Kier alpha value is -3.12. The monoisotopic (exact) mass is 451 g/mol. The number of anilines is 1. The summed E-state index contributed by atoms with van der Waals surface area (Å²) in [5.41, 5.74) is 2.24. The minimum absolute atomic E-state index is 0.177. The lowest BCUT2D eigenvalue weighted by molar-refractivity contribution is -0.115. The zero-order valence-corrected chi connectivity index (χ0v) is 19.4. The number of amides is 1. The Morgan fingerprint density at radius 3 is 2.50 bits per heavy atom. The van der Waals surface area contributed by atoms with Gasteiger partial charge in [-0.25, -0.2) is 4.79 Å². The lowest BCUT2D eigenvalue weighted by Crippen LogP contribution is -2.16. The number of hydrogen-bond donors (Lipinski definition) is 1. The molecule has 32 heavy (non-hydrogen) atoms. The van der Waals surface area contributed by atoms with Gasteiger partial charge in [-0.2, -0.15) is 0 Å². The number of rotatable bonds is 11. The number of carbonyl (C=O) groups is 2. The molecular weight excluding hydrogens is 422 g/mol. The van der Waals surface area contributed by atoms with E-state index in [4.69, 9.17) is 9.47 Å². The fourth-order valence-electron chi connectivity index (χ4n) is 3.44. The van der Waals surface area contributed by atoms with Crippen LogP contribution >= 0.6 is 11.3 Å². The lowest BCUT2D eigenvalue weighted by Gasteiger charge is -2.09. The van der Waals surface area contributed by atoms with Gasteiger partial charge < -0.3 is 14.8 Å². The first-order chi connectivity index (χ1) is 15.6. The highest BCUT2D eigenvalue weighted by molar-refractivity contribution is 7.15. The van der Waals surface area contributed by atoms with Gasteiger partial charge in [-0.3, -0.25) is 4.79 Å². The van der Waals surface area contributed by atoms with Crippen molar-refractivity contribution in [3.05, 3.63) is 76.7 Å². The number of esters is 1. The molecule has 0 saturated carbocycles. The molecule has 0 unspecified atom stereocenters. The van der Waals surface area contributed by atoms with E-state index in [-0.39, 0.29) is 12.3 Å². The van der Waals surface area contributed by atoms with Crippen molar-refractivity contribution in [3.63, 3.8) is 0 Å². The Bertz CT molecular complexity index is 1030. The van der Waals surface area contributed by atoms with Gasteiger partial charge in [-0.15, -0.1) is 11.3 Å². The van der Waals surface area contributed by atoms with E-state index >= 15 is 0 Å². The number of carbonyl (C=O) groups excluding carboxylic acids is 2. The van der Waals surface area contributed by atoms with Gasteiger partial charge in [-0.05, 0) is 53.6 Å². The average molecular weight is 452 g/mol. The molecule has 0 saturated heterocycles. The Balaban J connectivity index is 1.66. The molecule has 1 aromatic heterocycles. The first-order valence-corrected chi connectivity index (χ1v) is 11.8. The number of thiophene rings is 1. The van der Waals surface area contributed by atoms with E-state index in [1.54, 1.807) is 0 Å². The molecule has 0 fully saturated rings. The molecule has 3 rings (SSSR count). The van der Waals surface area contributed by atoms with Crippen LogP contribution in [0.3, 0.4) is 0 Å². The molecule has 0 aliphatic heterocycles. The summed E-state index contributed by atoms with van der Waals surface area (Å²) in [6.45, 7) is 2.17. The lowest BCUT2D eigenvalue weighted by atomic mass is 10.0. The second kappa shape index (κ2) is 12.1. The number of methoxy groups -OCH3 is 1. The van der Waals surface area contributed by atoms with Crippen molar-refractivity contribution in [1.29, 1.82) is 0 Å². The van der Waals surface area contributed by atoms with Crippen LogP contribution in [0.25, 0.3) is 0 Å². The Morgan fingerprint density at radius 2 is 1.75 bits per heavy atom. The van der Waals surface area contributed by atoms with E-state index in [1.807, 2.05) is 60.0 Å². The van der Waals surface area contributed by atoms with Crippen molar-refractivity contribution in [1.82, 2.24) is 0 Å². The number of aryl methyl sites for hydroxylation is 1. The highest BCUT2D eigenvalue weighted by atomic mass is 32.1. The van der Waals surface area contributed by atoms with Gasteiger partial charge in [0, 0.05) is 0 Å². The third-order valence-corrected chi connectivity index (χ3v) is 6.00. The number of benzene rings is 2. The van der Waals surface area contributed by atoms with Crippen LogP contribution in [0.2, 0.25) is 0 Å². The summed E-state index contributed by atoms with van der Waals surface area (Å²) in [7, 11) is 1.37. The third kappa shape index (κ3) is 6.69. The van der Waals surface area contributed by atoms with Gasteiger partial charge >= 0.3 is 5.97 Å². The maximum atomic E-state index is 12.7. The van der Waals surface area contributed by atoms with Crippen LogP contribution in [0.4, 0.5) is 5.00 Å². The van der Waals surface area contributed by atoms with Crippen molar-refractivity contribution >= 4 is 28.2 Å². The number of unbranched alkanes of at least 4 members (excludes halogenated alkanes) is 3. The van der Waals surface area contributed by atoms with E-state index in [1.165, 1.54) is 24.9 Å². The van der Waals surface area contributed by atoms with Crippen LogP contribution < -0.4 is 10.1 Å². The van der Waals surface area contributed by atoms with Crippen LogP contribution in [-0.4, -0.2) is 19.0 Å². The first-order valence-electron chi connectivity index (χ1n) is 10.9. The smallest absolute Gasteiger partial charge is 0.341 e. The van der Waals surface area contributed by atoms with Crippen molar-refractivity contribution in [3.8, 4) is 11.5 Å². The van der Waals surface area contributed by atoms with E-state index in [0.29, 0.717) is 16.3 Å². The van der Waals surface area contributed by atoms with Crippen molar-refractivity contribution in [2.24, 2.45) is 0 Å². The quantitative estimate of drug-likeness (QED) is 0.262. The molecule has 3 aromatic rings. The van der Waals surface area contributed by atoms with Crippen LogP contribution in [0, 0.1) is 0 Å². The average Bonchev–Trinajstić information content (AvgIpc) is 3.19. The Morgan fingerprint density at radius 1 is 0.969 bits per heavy atom. The van der Waals surface area contributed by atoms with Gasteiger partial charge in [0.05, 0.1) is 19.1 Å². The van der Waals surface area contributed by atoms with Gasteiger partial charge in [-0.1, -0.05) is 56.5 Å². The molecule has 1 amide bonds. The molecule has 0 aliphatic carbocycles. The molecule has 6 heteroatoms. The number of nitrogens with one attached hydrogen (secondary N) is 1. The fraction of sp³-hybridized carbons (Fsp3) is 0.308. The predicted octanol–water partition coefficient (Wildman–Crippen LogP) is 6.63. The molecule has 1 N–H and O–H groups in total. The predicted molar refractivity (Wildman–Crippen MR) is 129 cm³/mol. The third-order valence-electron chi connectivity index (χ3n) is 5.05. The molecule has 0 spiro atoms. The Kier molecular flexibility index (Phi) is 8.87. The SMILES string of the molecule is CCCCCCc1csc(NC(=O)Cc2cccc(Oc3ccccc3)c2)c1C(=O)OC. The minimum Gasteiger partial charge on any atom is -0.465 e. The van der Waals surface area contributed by atoms with Crippen LogP contribution in [0.1, 0.15) is 54.1 Å². The largest absolute Gasteiger partial charge is 0.465 e. The summed E-state index contributed by atoms with van der Waals surface area (Å²) >= 11 is 1.37. The summed E-state index contributed by atoms with van der Waals surface area (Å²) in [4.78, 5) is 25.1. The highest BCUT2D eigenvalue weighted by Crippen LogP contribution is 2.31. The molecule has 5 nitrogen and oxygen atoms in total. The van der Waals surface area contributed by atoms with Crippen LogP contribution in [0.5, 0.6) is 11.5 Å². The second-order valence-corrected chi connectivity index (χ2v) is 8.43. The zero-order valence-electron chi connectivity index (χ0n) is 18.6. The summed E-state index contributed by atoms with van der Waals surface area (Å²) in [6.07, 6.45) is 5.44. The summed E-state index contributed by atoms with van der Waals surface area (Å²) < 4.78 is 10.8. The second-order valence-electron chi connectivity index (χ2n) is 7.55. The molecule has 0 bridgehead atoms. The molecule has 0 atom stereocenters. The van der Waals surface area contributed by atoms with Gasteiger partial charge in [0.2, 0.25) is 5.91 Å². The molecule has 168 valence electrons. The molecular formula is C26H29NO4S. The van der Waals surface area contributed by atoms with Crippen molar-refractivity contribution < 1.29 is 19.1 Å². The molecule has 2 aromatic carbocycles. The van der Waals surface area contributed by atoms with E-state index in [0.717, 1.165) is 42.6 Å². The molecule has 1 heterocycles. The highest BCUT2D eigenvalue weighted by Gasteiger charge is 2.21. The van der Waals surface area contributed by atoms with E-state index in [9.17, 15) is 9.59 Å². The number of para-hydroxylation sites is 1. The maximum absolute atomic E-state index is 12.7.